The summed E-state index contributed by atoms with van der Waals surface area (Å²) in [6.45, 7) is 3.25. The summed E-state index contributed by atoms with van der Waals surface area (Å²) in [4.78, 5) is 33.6. The lowest BCUT2D eigenvalue weighted by molar-refractivity contribution is 0.0705. The summed E-state index contributed by atoms with van der Waals surface area (Å²) in [5.41, 5.74) is 2.08. The lowest BCUT2D eigenvalue weighted by Crippen LogP contribution is -2.38. The highest BCUT2D eigenvalue weighted by Crippen LogP contribution is 2.22. The fraction of sp³-hybridized carbons (Fsp3) is 0.333. The van der Waals surface area contributed by atoms with Crippen LogP contribution in [-0.2, 0) is 13.1 Å². The molecule has 1 fully saturated rings. The van der Waals surface area contributed by atoms with Crippen molar-refractivity contribution in [3.8, 4) is 0 Å². The van der Waals surface area contributed by atoms with E-state index in [9.17, 15) is 9.59 Å². The molecule has 3 aromatic rings. The molecule has 2 aliphatic heterocycles. The molecule has 4 heterocycles. The maximum absolute atomic E-state index is 13.2. The van der Waals surface area contributed by atoms with E-state index in [1.807, 2.05) is 44.8 Å². The van der Waals surface area contributed by atoms with Crippen molar-refractivity contribution in [2.45, 2.75) is 25.9 Å². The lowest BCUT2D eigenvalue weighted by Gasteiger charge is -2.28. The van der Waals surface area contributed by atoms with Crippen molar-refractivity contribution in [2.75, 3.05) is 19.6 Å². The first-order chi connectivity index (χ1) is 13.7. The van der Waals surface area contributed by atoms with Gasteiger partial charge in [0.05, 0.1) is 18.8 Å². The van der Waals surface area contributed by atoms with E-state index in [4.69, 9.17) is 0 Å². The van der Waals surface area contributed by atoms with Crippen molar-refractivity contribution in [2.24, 2.45) is 0 Å². The number of rotatable bonds is 2. The molecule has 0 radical (unpaired) electrons. The van der Waals surface area contributed by atoms with Gasteiger partial charge >= 0.3 is 0 Å². The Kier molecular flexibility index (Phi) is 4.07. The summed E-state index contributed by atoms with van der Waals surface area (Å²) < 4.78 is 1.86. The van der Waals surface area contributed by atoms with Gasteiger partial charge < -0.3 is 9.80 Å². The minimum absolute atomic E-state index is 0.00108. The van der Waals surface area contributed by atoms with Crippen LogP contribution in [0, 0.1) is 0 Å². The first-order valence-corrected chi connectivity index (χ1v) is 9.69. The lowest BCUT2D eigenvalue weighted by atomic mass is 10.1. The molecule has 0 bridgehead atoms. The third kappa shape index (κ3) is 2.83. The van der Waals surface area contributed by atoms with Crippen molar-refractivity contribution in [1.82, 2.24) is 24.6 Å². The fourth-order valence-electron chi connectivity index (χ4n) is 4.11. The molecule has 0 atom stereocenters. The third-order valence-corrected chi connectivity index (χ3v) is 5.61. The van der Waals surface area contributed by atoms with Gasteiger partial charge in [0.15, 0.2) is 5.69 Å². The molecule has 5 rings (SSSR count). The molecule has 2 aromatic heterocycles. The molecular formula is C21H21N5O2. The van der Waals surface area contributed by atoms with E-state index >= 15 is 0 Å². The molecule has 1 aromatic carbocycles. The topological polar surface area (TPSA) is 71.3 Å². The van der Waals surface area contributed by atoms with Gasteiger partial charge in [0.25, 0.3) is 11.8 Å². The molecular weight excluding hydrogens is 354 g/mol. The monoisotopic (exact) mass is 375 g/mol. The van der Waals surface area contributed by atoms with E-state index in [0.29, 0.717) is 30.9 Å². The zero-order valence-corrected chi connectivity index (χ0v) is 15.5. The van der Waals surface area contributed by atoms with E-state index in [0.717, 1.165) is 42.4 Å². The van der Waals surface area contributed by atoms with Crippen LogP contribution in [0.1, 0.15) is 39.4 Å². The largest absolute Gasteiger partial charge is 0.337 e. The number of benzene rings is 1. The summed E-state index contributed by atoms with van der Waals surface area (Å²) in [6.07, 6.45) is 5.60. The number of nitrogens with zero attached hydrogens (tertiary/aromatic N) is 5. The molecule has 0 saturated carbocycles. The van der Waals surface area contributed by atoms with Crippen molar-refractivity contribution < 1.29 is 9.59 Å². The van der Waals surface area contributed by atoms with Gasteiger partial charge in [-0.05, 0) is 36.4 Å². The molecule has 0 N–H and O–H groups in total. The summed E-state index contributed by atoms with van der Waals surface area (Å²) in [5, 5.41) is 6.35. The van der Waals surface area contributed by atoms with Gasteiger partial charge in [0, 0.05) is 43.0 Å². The van der Waals surface area contributed by atoms with Gasteiger partial charge in [-0.2, -0.15) is 5.10 Å². The standard InChI is InChI=1S/C21H21N5O2/c27-20(18-5-3-4-15-13-22-7-6-17(15)18)25-10-11-26-16(14-25)12-19(23-26)21(28)24-8-1-2-9-24/h3-7,12-13H,1-2,8-11,14H2. The molecule has 7 heteroatoms. The van der Waals surface area contributed by atoms with Crippen LogP contribution in [0.25, 0.3) is 10.8 Å². The number of fused-ring (bicyclic) bond motifs is 2. The van der Waals surface area contributed by atoms with Crippen LogP contribution < -0.4 is 0 Å². The number of hydrogen-bond donors (Lipinski definition) is 0. The average molecular weight is 375 g/mol. The number of likely N-dealkylation sites (tertiary alicyclic amines) is 1. The Morgan fingerprint density at radius 2 is 1.79 bits per heavy atom. The fourth-order valence-corrected chi connectivity index (χ4v) is 4.11. The highest BCUT2D eigenvalue weighted by atomic mass is 16.2. The van der Waals surface area contributed by atoms with Gasteiger partial charge in [0.1, 0.15) is 0 Å². The minimum Gasteiger partial charge on any atom is -0.337 e. The Morgan fingerprint density at radius 1 is 0.929 bits per heavy atom. The molecule has 7 nitrogen and oxygen atoms in total. The van der Waals surface area contributed by atoms with Crippen LogP contribution in [-0.4, -0.2) is 56.0 Å². The Hall–Kier alpha value is -3.22. The zero-order chi connectivity index (χ0) is 19.1. The van der Waals surface area contributed by atoms with Gasteiger partial charge in [0.2, 0.25) is 0 Å². The van der Waals surface area contributed by atoms with Gasteiger partial charge in [-0.15, -0.1) is 0 Å². The molecule has 28 heavy (non-hydrogen) atoms. The van der Waals surface area contributed by atoms with E-state index in [1.165, 1.54) is 0 Å². The van der Waals surface area contributed by atoms with E-state index in [2.05, 4.69) is 10.1 Å². The number of amides is 2. The average Bonchev–Trinajstić information content (AvgIpc) is 3.41. The maximum atomic E-state index is 13.2. The van der Waals surface area contributed by atoms with Gasteiger partial charge in [-0.25, -0.2) is 0 Å². The molecule has 1 saturated heterocycles. The summed E-state index contributed by atoms with van der Waals surface area (Å²) in [7, 11) is 0. The quantitative estimate of drug-likeness (QED) is 0.689. The van der Waals surface area contributed by atoms with Crippen molar-refractivity contribution in [3.63, 3.8) is 0 Å². The minimum atomic E-state index is -0.00308. The number of aromatic nitrogens is 3. The highest BCUT2D eigenvalue weighted by molar-refractivity contribution is 6.06. The van der Waals surface area contributed by atoms with Crippen LogP contribution in [0.15, 0.2) is 42.7 Å². The van der Waals surface area contributed by atoms with Crippen LogP contribution in [0.3, 0.4) is 0 Å². The van der Waals surface area contributed by atoms with E-state index in [-0.39, 0.29) is 11.8 Å². The number of carbonyl (C=O) groups excluding carboxylic acids is 2. The second kappa shape index (κ2) is 6.74. The molecule has 2 amide bonds. The maximum Gasteiger partial charge on any atom is 0.274 e. The number of hydrogen-bond acceptors (Lipinski definition) is 4. The second-order valence-electron chi connectivity index (χ2n) is 7.37. The Balaban J connectivity index is 1.39. The van der Waals surface area contributed by atoms with E-state index in [1.54, 1.807) is 12.4 Å². The summed E-state index contributed by atoms with van der Waals surface area (Å²) >= 11 is 0. The third-order valence-electron chi connectivity index (χ3n) is 5.61. The van der Waals surface area contributed by atoms with Crippen LogP contribution >= 0.6 is 0 Å². The predicted octanol–water partition coefficient (Wildman–Crippen LogP) is 2.32. The first kappa shape index (κ1) is 16.9. The van der Waals surface area contributed by atoms with Crippen molar-refractivity contribution in [3.05, 3.63) is 59.7 Å². The smallest absolute Gasteiger partial charge is 0.274 e. The molecule has 2 aliphatic rings. The molecule has 142 valence electrons. The number of pyridine rings is 1. The number of carbonyl (C=O) groups is 2. The van der Waals surface area contributed by atoms with Crippen molar-refractivity contribution >= 4 is 22.6 Å². The predicted molar refractivity (Wildman–Crippen MR) is 104 cm³/mol. The Bertz CT molecular complexity index is 1060. The summed E-state index contributed by atoms with van der Waals surface area (Å²) in [5.74, 6) is -0.00417. The van der Waals surface area contributed by atoms with Crippen LogP contribution in [0.4, 0.5) is 0 Å². The second-order valence-corrected chi connectivity index (χ2v) is 7.37. The molecule has 0 unspecified atom stereocenters. The Morgan fingerprint density at radius 3 is 2.64 bits per heavy atom. The van der Waals surface area contributed by atoms with Crippen LogP contribution in [0.2, 0.25) is 0 Å². The molecule has 0 spiro atoms. The first-order valence-electron chi connectivity index (χ1n) is 9.69. The van der Waals surface area contributed by atoms with Gasteiger partial charge in [-0.1, -0.05) is 12.1 Å². The highest BCUT2D eigenvalue weighted by Gasteiger charge is 2.27. The summed E-state index contributed by atoms with van der Waals surface area (Å²) in [6, 6.07) is 9.43. The SMILES string of the molecule is O=C(c1cc2n(n1)CCN(C(=O)c1cccc3cnccc13)C2)N1CCCC1. The normalized spacial score (nSPS) is 16.4. The Labute approximate surface area is 162 Å². The molecule has 0 aliphatic carbocycles. The van der Waals surface area contributed by atoms with Gasteiger partial charge in [-0.3, -0.25) is 19.3 Å². The van der Waals surface area contributed by atoms with Crippen molar-refractivity contribution in [1.29, 1.82) is 0 Å². The van der Waals surface area contributed by atoms with E-state index < -0.39 is 0 Å². The zero-order valence-electron chi connectivity index (χ0n) is 15.5. The van der Waals surface area contributed by atoms with Crippen LogP contribution in [0.5, 0.6) is 0 Å².